The molecule has 0 saturated carbocycles. The molecule has 0 aliphatic heterocycles. The lowest BCUT2D eigenvalue weighted by Crippen LogP contribution is -2.28. The van der Waals surface area contributed by atoms with Crippen LogP contribution in [-0.2, 0) is 0 Å². The van der Waals surface area contributed by atoms with Gasteiger partial charge in [-0.3, -0.25) is 0 Å². The summed E-state index contributed by atoms with van der Waals surface area (Å²) in [6.07, 6.45) is 7.36. The summed E-state index contributed by atoms with van der Waals surface area (Å²) in [5.41, 5.74) is 2.34. The van der Waals surface area contributed by atoms with Crippen LogP contribution in [0.3, 0.4) is 0 Å². The van der Waals surface area contributed by atoms with Gasteiger partial charge in [-0.15, -0.1) is 0 Å². The number of allylic oxidation sites excluding steroid dienone is 1. The van der Waals surface area contributed by atoms with Gasteiger partial charge in [0.25, 0.3) is 0 Å². The Balaban J connectivity index is 3.54. The fraction of sp³-hybridized carbons (Fsp3) is 0.818. The van der Waals surface area contributed by atoms with Crippen LogP contribution in [0.5, 0.6) is 0 Å². The molecule has 0 fully saturated rings. The van der Waals surface area contributed by atoms with Crippen molar-refractivity contribution < 1.29 is 0 Å². The first kappa shape index (κ1) is 12.9. The van der Waals surface area contributed by atoms with Crippen LogP contribution in [0, 0.1) is 0 Å². The van der Waals surface area contributed by atoms with Crippen molar-refractivity contribution >= 4 is 9.68 Å². The molecule has 2 heteroatoms. The highest BCUT2D eigenvalue weighted by Crippen LogP contribution is 1.94. The molecule has 0 bridgehead atoms. The summed E-state index contributed by atoms with van der Waals surface area (Å²) in [4.78, 5) is 0. The van der Waals surface area contributed by atoms with Crippen molar-refractivity contribution in [2.24, 2.45) is 0 Å². The predicted molar refractivity (Wildman–Crippen MR) is 62.0 cm³/mol. The molecule has 0 aliphatic carbocycles. The van der Waals surface area contributed by atoms with Crippen molar-refractivity contribution in [2.45, 2.75) is 46.5 Å². The minimum atomic E-state index is 0.900. The molecule has 0 N–H and O–H groups in total. The van der Waals surface area contributed by atoms with E-state index in [9.17, 15) is 0 Å². The Morgan fingerprint density at radius 3 is 2.08 bits per heavy atom. The quantitative estimate of drug-likeness (QED) is 0.541. The minimum Gasteiger partial charge on any atom is -0.322 e. The van der Waals surface area contributed by atoms with Gasteiger partial charge in [-0.1, -0.05) is 39.0 Å². The van der Waals surface area contributed by atoms with Crippen molar-refractivity contribution in [3.05, 3.63) is 11.8 Å². The Labute approximate surface area is 86.1 Å². The fourth-order valence-electron chi connectivity index (χ4n) is 1.19. The molecular formula is C11H23NSi. The van der Waals surface area contributed by atoms with Crippen LogP contribution in [-0.4, -0.2) is 27.3 Å². The second kappa shape index (κ2) is 10.0. The van der Waals surface area contributed by atoms with Gasteiger partial charge < -0.3 is 4.57 Å². The maximum absolute atomic E-state index is 2.55. The average Bonchev–Trinajstić information content (AvgIpc) is 2.13. The molecule has 0 unspecified atom stereocenters. The zero-order chi connectivity index (χ0) is 9.94. The zero-order valence-corrected chi connectivity index (χ0v) is 10.3. The van der Waals surface area contributed by atoms with E-state index >= 15 is 0 Å². The van der Waals surface area contributed by atoms with Crippen LogP contribution in [0.25, 0.3) is 0 Å². The molecule has 13 heavy (non-hydrogen) atoms. The van der Waals surface area contributed by atoms with Crippen molar-refractivity contribution in [3.63, 3.8) is 0 Å². The van der Waals surface area contributed by atoms with E-state index in [0.717, 1.165) is 9.68 Å². The van der Waals surface area contributed by atoms with Crippen molar-refractivity contribution in [1.29, 1.82) is 0 Å². The third kappa shape index (κ3) is 8.25. The summed E-state index contributed by atoms with van der Waals surface area (Å²) in [6.45, 7) is 9.24. The monoisotopic (exact) mass is 197 g/mol. The highest BCUT2D eigenvalue weighted by molar-refractivity contribution is 6.38. The van der Waals surface area contributed by atoms with Gasteiger partial charge >= 0.3 is 0 Å². The summed E-state index contributed by atoms with van der Waals surface area (Å²) in [6, 6.07) is 0. The fourth-order valence-corrected chi connectivity index (χ4v) is 2.38. The molecule has 0 spiro atoms. The summed E-state index contributed by atoms with van der Waals surface area (Å²) in [7, 11) is 0.900. The number of hydrogen-bond acceptors (Lipinski definition) is 1. The maximum Gasteiger partial charge on any atom is 0.174 e. The Morgan fingerprint density at radius 2 is 1.62 bits per heavy atom. The van der Waals surface area contributed by atoms with Gasteiger partial charge in [0, 0.05) is 0 Å². The molecule has 1 nitrogen and oxygen atoms in total. The highest BCUT2D eigenvalue weighted by atomic mass is 28.2. The molecule has 0 aromatic carbocycles. The minimum absolute atomic E-state index is 0.900. The van der Waals surface area contributed by atoms with E-state index in [0.29, 0.717) is 0 Å². The van der Waals surface area contributed by atoms with Gasteiger partial charge in [-0.05, 0) is 32.4 Å². The number of hydrogen-bond donors (Lipinski definition) is 0. The first-order chi connectivity index (χ1) is 6.35. The van der Waals surface area contributed by atoms with Gasteiger partial charge in [0.05, 0.1) is 0 Å². The van der Waals surface area contributed by atoms with Gasteiger partial charge in [-0.25, -0.2) is 0 Å². The van der Waals surface area contributed by atoms with Crippen molar-refractivity contribution in [1.82, 2.24) is 4.57 Å². The highest BCUT2D eigenvalue weighted by Gasteiger charge is 1.99. The largest absolute Gasteiger partial charge is 0.322 e. The Hall–Kier alpha value is -0.0831. The van der Waals surface area contributed by atoms with E-state index in [1.54, 1.807) is 0 Å². The van der Waals surface area contributed by atoms with Crippen molar-refractivity contribution in [2.75, 3.05) is 13.1 Å². The second-order valence-electron chi connectivity index (χ2n) is 3.31. The standard InChI is InChI=1S/C11H23NSi/c1-4-7-8-11-13-12(9-5-2)10-6-3/h8,11H,4-7,9-10H2,1-3H3. The lowest BCUT2D eigenvalue weighted by Gasteiger charge is -2.17. The SMILES string of the molecule is CCCC=C[Si]N(CCC)CCC. The Kier molecular flexibility index (Phi) is 9.94. The molecule has 0 saturated heterocycles. The number of unbranched alkanes of at least 4 members (excludes halogenated alkanes) is 1. The first-order valence-corrected chi connectivity index (χ1v) is 6.53. The van der Waals surface area contributed by atoms with Crippen LogP contribution < -0.4 is 0 Å². The lowest BCUT2D eigenvalue weighted by atomic mass is 10.3. The molecule has 0 rings (SSSR count). The van der Waals surface area contributed by atoms with Crippen molar-refractivity contribution in [3.8, 4) is 0 Å². The molecule has 0 aromatic rings. The third-order valence-corrected chi connectivity index (χ3v) is 3.01. The van der Waals surface area contributed by atoms with Crippen LogP contribution in [0.2, 0.25) is 0 Å². The van der Waals surface area contributed by atoms with Gasteiger partial charge in [-0.2, -0.15) is 0 Å². The van der Waals surface area contributed by atoms with E-state index < -0.39 is 0 Å². The van der Waals surface area contributed by atoms with Crippen LogP contribution in [0.15, 0.2) is 11.8 Å². The average molecular weight is 197 g/mol. The zero-order valence-electron chi connectivity index (χ0n) is 9.34. The molecule has 0 atom stereocenters. The molecular weight excluding hydrogens is 174 g/mol. The van der Waals surface area contributed by atoms with E-state index in [4.69, 9.17) is 0 Å². The summed E-state index contributed by atoms with van der Waals surface area (Å²) in [5, 5.41) is 0. The Morgan fingerprint density at radius 1 is 1.00 bits per heavy atom. The van der Waals surface area contributed by atoms with E-state index in [2.05, 4.69) is 37.1 Å². The second-order valence-corrected chi connectivity index (χ2v) is 4.53. The molecule has 0 amide bonds. The lowest BCUT2D eigenvalue weighted by molar-refractivity contribution is 0.444. The van der Waals surface area contributed by atoms with Crippen LogP contribution in [0.4, 0.5) is 0 Å². The smallest absolute Gasteiger partial charge is 0.174 e. The topological polar surface area (TPSA) is 3.24 Å². The summed E-state index contributed by atoms with van der Waals surface area (Å²) in [5.74, 6) is 0. The predicted octanol–water partition coefficient (Wildman–Crippen LogP) is 3.04. The molecule has 0 aliphatic rings. The Bertz CT molecular complexity index is 117. The van der Waals surface area contributed by atoms with E-state index in [-0.39, 0.29) is 0 Å². The summed E-state index contributed by atoms with van der Waals surface area (Å²) < 4.78 is 2.55. The van der Waals surface area contributed by atoms with E-state index in [1.165, 1.54) is 38.8 Å². The maximum atomic E-state index is 2.55. The molecule has 2 radical (unpaired) electrons. The summed E-state index contributed by atoms with van der Waals surface area (Å²) >= 11 is 0. The van der Waals surface area contributed by atoms with Crippen LogP contribution in [0.1, 0.15) is 46.5 Å². The van der Waals surface area contributed by atoms with E-state index in [1.807, 2.05) is 0 Å². The third-order valence-electron chi connectivity index (χ3n) is 1.82. The molecule has 76 valence electrons. The number of nitrogens with zero attached hydrogens (tertiary/aromatic N) is 1. The van der Waals surface area contributed by atoms with Gasteiger partial charge in [0.1, 0.15) is 0 Å². The molecule has 0 aromatic heterocycles. The number of rotatable bonds is 8. The van der Waals surface area contributed by atoms with Gasteiger partial charge in [0.2, 0.25) is 0 Å². The molecule has 0 heterocycles. The normalized spacial score (nSPS) is 11.7. The van der Waals surface area contributed by atoms with Gasteiger partial charge in [0.15, 0.2) is 9.68 Å². The first-order valence-electron chi connectivity index (χ1n) is 5.51. The van der Waals surface area contributed by atoms with Crippen LogP contribution >= 0.6 is 0 Å².